The molecule has 2 fully saturated rings. The molecule has 0 spiro atoms. The van der Waals surface area contributed by atoms with Crippen LogP contribution in [0.25, 0.3) is 0 Å². The zero-order chi connectivity index (χ0) is 10.7. The zero-order valence-corrected chi connectivity index (χ0v) is 10.7. The largest absolute Gasteiger partial charge is 0.0625 e. The first-order chi connectivity index (χ1) is 7.25. The van der Waals surface area contributed by atoms with Crippen LogP contribution in [0, 0.1) is 23.7 Å². The van der Waals surface area contributed by atoms with E-state index in [0.29, 0.717) is 0 Å². The molecule has 0 aliphatic heterocycles. The molecule has 2 unspecified atom stereocenters. The summed E-state index contributed by atoms with van der Waals surface area (Å²) in [5, 5.41) is 0. The van der Waals surface area contributed by atoms with Crippen molar-refractivity contribution >= 4 is 0 Å². The van der Waals surface area contributed by atoms with E-state index in [1.54, 1.807) is 6.42 Å². The van der Waals surface area contributed by atoms with Crippen molar-refractivity contribution in [2.75, 3.05) is 0 Å². The third kappa shape index (κ3) is 3.23. The van der Waals surface area contributed by atoms with Crippen LogP contribution in [0.1, 0.15) is 71.6 Å². The molecule has 0 aromatic rings. The molecule has 88 valence electrons. The maximum Gasteiger partial charge on any atom is -0.0386 e. The first kappa shape index (κ1) is 11.5. The Morgan fingerprint density at radius 3 is 2.27 bits per heavy atom. The molecule has 0 nitrogen and oxygen atoms in total. The number of rotatable bonds is 0. The average Bonchev–Trinajstić information content (AvgIpc) is 2.22. The van der Waals surface area contributed by atoms with E-state index in [1.807, 2.05) is 0 Å². The zero-order valence-electron chi connectivity index (χ0n) is 10.7. The average molecular weight is 208 g/mol. The molecule has 0 heteroatoms. The van der Waals surface area contributed by atoms with Gasteiger partial charge in [-0.15, -0.1) is 0 Å². The molecule has 2 aliphatic carbocycles. The standard InChI is InChI=1S/C15H28/c1-12-5-3-7-14-10-9-13(2)15(11-14)8-4-6-12/h12-15H,3-11H2,1-2H3/t12-,13?,14+,15?/m1/s1. The predicted octanol–water partition coefficient (Wildman–Crippen LogP) is 5.03. The van der Waals surface area contributed by atoms with Gasteiger partial charge in [0.25, 0.3) is 0 Å². The second-order valence-electron chi connectivity index (χ2n) is 6.38. The first-order valence-corrected chi connectivity index (χ1v) is 7.25. The Balaban J connectivity index is 1.91. The highest BCUT2D eigenvalue weighted by molar-refractivity contribution is 4.79. The van der Waals surface area contributed by atoms with Gasteiger partial charge in [0.2, 0.25) is 0 Å². The van der Waals surface area contributed by atoms with Crippen LogP contribution in [0.4, 0.5) is 0 Å². The highest BCUT2D eigenvalue weighted by Gasteiger charge is 2.27. The van der Waals surface area contributed by atoms with Crippen molar-refractivity contribution in [2.24, 2.45) is 23.7 Å². The lowest BCUT2D eigenvalue weighted by Crippen LogP contribution is -2.24. The lowest BCUT2D eigenvalue weighted by molar-refractivity contribution is 0.160. The van der Waals surface area contributed by atoms with Crippen LogP contribution in [0.5, 0.6) is 0 Å². The molecule has 2 bridgehead atoms. The second-order valence-corrected chi connectivity index (χ2v) is 6.38. The third-order valence-electron chi connectivity index (χ3n) is 5.05. The minimum Gasteiger partial charge on any atom is -0.0625 e. The van der Waals surface area contributed by atoms with Gasteiger partial charge in [-0.2, -0.15) is 0 Å². The highest BCUT2D eigenvalue weighted by atomic mass is 14.3. The predicted molar refractivity (Wildman–Crippen MR) is 66.9 cm³/mol. The maximum atomic E-state index is 2.50. The molecule has 2 saturated carbocycles. The Morgan fingerprint density at radius 2 is 1.47 bits per heavy atom. The van der Waals surface area contributed by atoms with Gasteiger partial charge in [-0.05, 0) is 30.1 Å². The summed E-state index contributed by atoms with van der Waals surface area (Å²) >= 11 is 0. The SMILES string of the molecule is CC1CC[C@@H]2CCC[C@@H](C)CCCC1C2. The molecular formula is C15H28. The fourth-order valence-corrected chi connectivity index (χ4v) is 3.80. The first-order valence-electron chi connectivity index (χ1n) is 7.25. The van der Waals surface area contributed by atoms with Crippen molar-refractivity contribution in [1.29, 1.82) is 0 Å². The molecule has 15 heavy (non-hydrogen) atoms. The van der Waals surface area contributed by atoms with E-state index in [1.165, 1.54) is 51.4 Å². The Labute approximate surface area is 95.8 Å². The fraction of sp³-hybridized carbons (Fsp3) is 1.00. The van der Waals surface area contributed by atoms with Crippen LogP contribution >= 0.6 is 0 Å². The lowest BCUT2D eigenvalue weighted by atomic mass is 9.70. The van der Waals surface area contributed by atoms with Crippen molar-refractivity contribution in [2.45, 2.75) is 71.6 Å². The molecule has 0 amide bonds. The van der Waals surface area contributed by atoms with E-state index in [2.05, 4.69) is 13.8 Å². The van der Waals surface area contributed by atoms with Gasteiger partial charge in [-0.1, -0.05) is 65.2 Å². The Bertz CT molecular complexity index is 184. The monoisotopic (exact) mass is 208 g/mol. The molecule has 2 aliphatic rings. The van der Waals surface area contributed by atoms with E-state index >= 15 is 0 Å². The highest BCUT2D eigenvalue weighted by Crippen LogP contribution is 2.40. The van der Waals surface area contributed by atoms with Crippen LogP contribution < -0.4 is 0 Å². The van der Waals surface area contributed by atoms with E-state index in [9.17, 15) is 0 Å². The van der Waals surface area contributed by atoms with Gasteiger partial charge in [-0.25, -0.2) is 0 Å². The Kier molecular flexibility index (Phi) is 4.11. The molecule has 0 aromatic carbocycles. The molecule has 2 rings (SSSR count). The molecule has 0 radical (unpaired) electrons. The summed E-state index contributed by atoms with van der Waals surface area (Å²) in [6.07, 6.45) is 13.7. The van der Waals surface area contributed by atoms with Crippen molar-refractivity contribution in [3.8, 4) is 0 Å². The van der Waals surface area contributed by atoms with Crippen molar-refractivity contribution in [3.63, 3.8) is 0 Å². The van der Waals surface area contributed by atoms with Crippen LogP contribution in [-0.4, -0.2) is 0 Å². The van der Waals surface area contributed by atoms with Gasteiger partial charge in [-0.3, -0.25) is 0 Å². The van der Waals surface area contributed by atoms with E-state index in [4.69, 9.17) is 0 Å². The van der Waals surface area contributed by atoms with Crippen LogP contribution in [-0.2, 0) is 0 Å². The van der Waals surface area contributed by atoms with Gasteiger partial charge < -0.3 is 0 Å². The van der Waals surface area contributed by atoms with Gasteiger partial charge in [0.15, 0.2) is 0 Å². The normalized spacial score (nSPS) is 43.6. The van der Waals surface area contributed by atoms with Crippen LogP contribution in [0.2, 0.25) is 0 Å². The third-order valence-corrected chi connectivity index (χ3v) is 5.05. The van der Waals surface area contributed by atoms with E-state index < -0.39 is 0 Å². The lowest BCUT2D eigenvalue weighted by Gasteiger charge is -2.35. The Hall–Kier alpha value is 0. The maximum absolute atomic E-state index is 2.50. The van der Waals surface area contributed by atoms with Gasteiger partial charge in [0.1, 0.15) is 0 Å². The summed E-state index contributed by atoms with van der Waals surface area (Å²) in [6, 6.07) is 0. The fourth-order valence-electron chi connectivity index (χ4n) is 3.80. The van der Waals surface area contributed by atoms with Gasteiger partial charge in [0.05, 0.1) is 0 Å². The quantitative estimate of drug-likeness (QED) is 0.524. The van der Waals surface area contributed by atoms with Crippen LogP contribution in [0.15, 0.2) is 0 Å². The van der Waals surface area contributed by atoms with Gasteiger partial charge in [0, 0.05) is 0 Å². The van der Waals surface area contributed by atoms with E-state index in [0.717, 1.165) is 23.7 Å². The summed E-state index contributed by atoms with van der Waals surface area (Å²) < 4.78 is 0. The summed E-state index contributed by atoms with van der Waals surface area (Å²) in [4.78, 5) is 0. The molecular weight excluding hydrogens is 180 g/mol. The summed E-state index contributed by atoms with van der Waals surface area (Å²) in [5.41, 5.74) is 0. The van der Waals surface area contributed by atoms with Crippen molar-refractivity contribution < 1.29 is 0 Å². The molecule has 0 N–H and O–H groups in total. The molecule has 0 aromatic heterocycles. The molecule has 4 atom stereocenters. The van der Waals surface area contributed by atoms with Crippen LogP contribution in [0.3, 0.4) is 0 Å². The molecule has 0 heterocycles. The topological polar surface area (TPSA) is 0 Å². The number of fused-ring (bicyclic) bond motifs is 2. The summed E-state index contributed by atoms with van der Waals surface area (Å²) in [7, 11) is 0. The summed E-state index contributed by atoms with van der Waals surface area (Å²) in [6.45, 7) is 4.96. The Morgan fingerprint density at radius 1 is 0.733 bits per heavy atom. The van der Waals surface area contributed by atoms with Crippen molar-refractivity contribution in [1.82, 2.24) is 0 Å². The summed E-state index contributed by atoms with van der Waals surface area (Å²) in [5.74, 6) is 4.20. The van der Waals surface area contributed by atoms with E-state index in [-0.39, 0.29) is 0 Å². The second kappa shape index (κ2) is 5.37. The van der Waals surface area contributed by atoms with Gasteiger partial charge >= 0.3 is 0 Å². The van der Waals surface area contributed by atoms with Crippen molar-refractivity contribution in [3.05, 3.63) is 0 Å². The minimum atomic E-state index is 0.999. The number of hydrogen-bond acceptors (Lipinski definition) is 0. The molecule has 0 saturated heterocycles. The smallest absolute Gasteiger partial charge is 0.0386 e. The number of hydrogen-bond donors (Lipinski definition) is 0. The minimum absolute atomic E-state index is 0.999.